The molecule has 9 aromatic rings. The van der Waals surface area contributed by atoms with Gasteiger partial charge in [-0.3, -0.25) is 0 Å². The predicted molar refractivity (Wildman–Crippen MR) is 246 cm³/mol. The fourth-order valence-corrected chi connectivity index (χ4v) is 8.84. The summed E-state index contributed by atoms with van der Waals surface area (Å²) in [6.45, 7) is 4.73. The Kier molecular flexibility index (Phi) is 8.92. The van der Waals surface area contributed by atoms with Gasteiger partial charge < -0.3 is 4.90 Å². The largest absolute Gasteiger partial charge is 0.310 e. The molecular weight excluding hydrogens is 699 g/mol. The van der Waals surface area contributed by atoms with E-state index in [0.717, 1.165) is 28.2 Å². The third-order valence-electron chi connectivity index (χ3n) is 11.9. The molecule has 0 heterocycles. The Labute approximate surface area is 342 Å². The Hall–Kier alpha value is -7.22. The molecule has 1 aliphatic carbocycles. The van der Waals surface area contributed by atoms with E-state index in [1.165, 1.54) is 66.8 Å². The average molecular weight is 742 g/mol. The number of anilines is 3. The van der Waals surface area contributed by atoms with E-state index in [1.807, 2.05) is 0 Å². The Bertz CT molecular complexity index is 2820. The molecule has 0 bridgehead atoms. The molecule has 0 radical (unpaired) electrons. The van der Waals surface area contributed by atoms with Gasteiger partial charge in [0.25, 0.3) is 0 Å². The zero-order valence-electron chi connectivity index (χ0n) is 32.8. The summed E-state index contributed by atoms with van der Waals surface area (Å²) in [5, 5.41) is 0. The molecule has 10 rings (SSSR count). The Morgan fingerprint density at radius 1 is 0.276 bits per heavy atom. The molecule has 0 aliphatic heterocycles. The molecule has 0 amide bonds. The lowest BCUT2D eigenvalue weighted by Crippen LogP contribution is -2.17. The average Bonchev–Trinajstić information content (AvgIpc) is 3.53. The fourth-order valence-electron chi connectivity index (χ4n) is 8.84. The van der Waals surface area contributed by atoms with E-state index in [-0.39, 0.29) is 5.41 Å². The molecule has 0 N–H and O–H groups in total. The summed E-state index contributed by atoms with van der Waals surface area (Å²) in [5.74, 6) is 0. The molecule has 0 saturated heterocycles. The first-order valence-electron chi connectivity index (χ1n) is 20.2. The van der Waals surface area contributed by atoms with Crippen LogP contribution in [0.5, 0.6) is 0 Å². The molecule has 276 valence electrons. The van der Waals surface area contributed by atoms with Crippen molar-refractivity contribution in [3.8, 4) is 66.8 Å². The van der Waals surface area contributed by atoms with Gasteiger partial charge in [0.15, 0.2) is 0 Å². The van der Waals surface area contributed by atoms with Gasteiger partial charge >= 0.3 is 0 Å². The molecule has 0 saturated carbocycles. The molecule has 0 unspecified atom stereocenters. The molecule has 0 atom stereocenters. The van der Waals surface area contributed by atoms with Gasteiger partial charge in [0.2, 0.25) is 0 Å². The van der Waals surface area contributed by atoms with Crippen LogP contribution in [-0.4, -0.2) is 0 Å². The maximum Gasteiger partial charge on any atom is 0.0546 e. The Morgan fingerprint density at radius 3 is 1.28 bits per heavy atom. The summed E-state index contributed by atoms with van der Waals surface area (Å²) < 4.78 is 0. The first-order chi connectivity index (χ1) is 28.5. The van der Waals surface area contributed by atoms with Crippen LogP contribution in [0.25, 0.3) is 66.8 Å². The van der Waals surface area contributed by atoms with E-state index in [1.54, 1.807) is 0 Å². The normalized spacial score (nSPS) is 12.4. The number of nitrogens with zero attached hydrogens (tertiary/aromatic N) is 1. The van der Waals surface area contributed by atoms with Crippen LogP contribution in [0.4, 0.5) is 17.1 Å². The highest BCUT2D eigenvalue weighted by Gasteiger charge is 2.36. The summed E-state index contributed by atoms with van der Waals surface area (Å²) in [4.78, 5) is 2.48. The van der Waals surface area contributed by atoms with E-state index < -0.39 is 0 Å². The fraction of sp³-hybridized carbons (Fsp3) is 0.0526. The SMILES string of the molecule is CC1(C)c2ccccc2-c2ccc(N(c3ccc(-c4ccccc4)cc3)c3cc(-c4ccccc4)ccc3-c3cc(-c4ccccc4)cc(-c4ccccc4)c3)cc21. The third-order valence-corrected chi connectivity index (χ3v) is 11.9. The van der Waals surface area contributed by atoms with Crippen LogP contribution in [0.2, 0.25) is 0 Å². The first kappa shape index (κ1) is 35.2. The zero-order chi connectivity index (χ0) is 39.1. The lowest BCUT2D eigenvalue weighted by atomic mass is 9.82. The van der Waals surface area contributed by atoms with Gasteiger partial charge in [-0.25, -0.2) is 0 Å². The smallest absolute Gasteiger partial charge is 0.0546 e. The van der Waals surface area contributed by atoms with Crippen molar-refractivity contribution < 1.29 is 0 Å². The van der Waals surface area contributed by atoms with Gasteiger partial charge in [-0.2, -0.15) is 0 Å². The number of rotatable bonds is 8. The van der Waals surface area contributed by atoms with E-state index in [9.17, 15) is 0 Å². The third kappa shape index (κ3) is 6.41. The van der Waals surface area contributed by atoms with E-state index in [0.29, 0.717) is 0 Å². The van der Waals surface area contributed by atoms with Crippen molar-refractivity contribution in [1.82, 2.24) is 0 Å². The van der Waals surface area contributed by atoms with Gasteiger partial charge in [0.1, 0.15) is 0 Å². The van der Waals surface area contributed by atoms with E-state index in [4.69, 9.17) is 0 Å². The van der Waals surface area contributed by atoms with Gasteiger partial charge in [0, 0.05) is 22.4 Å². The summed E-state index contributed by atoms with van der Waals surface area (Å²) in [6, 6.07) is 82.0. The molecular formula is C57H43N. The van der Waals surface area contributed by atoms with Crippen LogP contribution in [0.15, 0.2) is 224 Å². The molecule has 0 aromatic heterocycles. The Balaban J connectivity index is 1.23. The zero-order valence-corrected chi connectivity index (χ0v) is 32.8. The van der Waals surface area contributed by atoms with Crippen molar-refractivity contribution in [3.05, 3.63) is 236 Å². The molecule has 0 fully saturated rings. The molecule has 1 nitrogen and oxygen atoms in total. The predicted octanol–water partition coefficient (Wildman–Crippen LogP) is 15.8. The highest BCUT2D eigenvalue weighted by molar-refractivity contribution is 5.95. The summed E-state index contributed by atoms with van der Waals surface area (Å²) in [6.07, 6.45) is 0. The number of fused-ring (bicyclic) bond motifs is 3. The highest BCUT2D eigenvalue weighted by Crippen LogP contribution is 2.52. The minimum Gasteiger partial charge on any atom is -0.310 e. The second-order valence-corrected chi connectivity index (χ2v) is 15.8. The van der Waals surface area contributed by atoms with Crippen molar-refractivity contribution in [3.63, 3.8) is 0 Å². The molecule has 9 aromatic carbocycles. The highest BCUT2D eigenvalue weighted by atomic mass is 15.1. The topological polar surface area (TPSA) is 3.24 Å². The van der Waals surface area contributed by atoms with Crippen molar-refractivity contribution in [2.24, 2.45) is 0 Å². The van der Waals surface area contributed by atoms with Gasteiger partial charge in [0.05, 0.1) is 5.69 Å². The minimum atomic E-state index is -0.145. The van der Waals surface area contributed by atoms with Crippen LogP contribution in [-0.2, 0) is 5.41 Å². The first-order valence-corrected chi connectivity index (χ1v) is 20.2. The van der Waals surface area contributed by atoms with Gasteiger partial charge in [-0.15, -0.1) is 0 Å². The lowest BCUT2D eigenvalue weighted by molar-refractivity contribution is 0.660. The number of hydrogen-bond acceptors (Lipinski definition) is 1. The van der Waals surface area contributed by atoms with Gasteiger partial charge in [-0.1, -0.05) is 190 Å². The van der Waals surface area contributed by atoms with Crippen LogP contribution >= 0.6 is 0 Å². The van der Waals surface area contributed by atoms with Crippen molar-refractivity contribution in [1.29, 1.82) is 0 Å². The van der Waals surface area contributed by atoms with Crippen LogP contribution < -0.4 is 4.90 Å². The summed E-state index contributed by atoms with van der Waals surface area (Å²) >= 11 is 0. The maximum absolute atomic E-state index is 2.48. The number of benzene rings is 9. The summed E-state index contributed by atoms with van der Waals surface area (Å²) in [5.41, 5.74) is 20.4. The molecule has 1 aliphatic rings. The second kappa shape index (κ2) is 14.7. The molecule has 1 heteroatoms. The standard InChI is InChI=1S/C57H43N/c1-57(2)54-26-16-15-25-52(54)53-34-32-50(39-55(53)57)58(49-30-27-44(28-31-49)40-17-7-3-8-18-40)56-38-45(41-19-9-4-10-20-41)29-33-51(56)48-36-46(42-21-11-5-12-22-42)35-47(37-48)43-23-13-6-14-24-43/h3-39H,1-2H3. The van der Waals surface area contributed by atoms with E-state index >= 15 is 0 Å². The Morgan fingerprint density at radius 2 is 0.690 bits per heavy atom. The van der Waals surface area contributed by atoms with E-state index in [2.05, 4.69) is 243 Å². The number of hydrogen-bond donors (Lipinski definition) is 0. The summed E-state index contributed by atoms with van der Waals surface area (Å²) in [7, 11) is 0. The monoisotopic (exact) mass is 741 g/mol. The van der Waals surface area contributed by atoms with Crippen molar-refractivity contribution in [2.75, 3.05) is 4.90 Å². The maximum atomic E-state index is 2.48. The molecule has 58 heavy (non-hydrogen) atoms. The van der Waals surface area contributed by atoms with Gasteiger partial charge in [-0.05, 0) is 121 Å². The van der Waals surface area contributed by atoms with Crippen molar-refractivity contribution in [2.45, 2.75) is 19.3 Å². The lowest BCUT2D eigenvalue weighted by Gasteiger charge is -2.30. The van der Waals surface area contributed by atoms with Crippen molar-refractivity contribution >= 4 is 17.1 Å². The van der Waals surface area contributed by atoms with Crippen LogP contribution in [0.3, 0.4) is 0 Å². The van der Waals surface area contributed by atoms with Crippen LogP contribution in [0.1, 0.15) is 25.0 Å². The second-order valence-electron chi connectivity index (χ2n) is 15.8. The quantitative estimate of drug-likeness (QED) is 0.150. The molecule has 0 spiro atoms. The van der Waals surface area contributed by atoms with Crippen LogP contribution in [0, 0.1) is 0 Å². The minimum absolute atomic E-state index is 0.145.